The Balaban J connectivity index is 1.44. The SMILES string of the molecule is Cc1nnc(NC(C)c2cccc(C(F)F)c2F)c2cc3c(cc12)OCC(C(=O)N1CCCOCC1)O3. The third-order valence-electron chi connectivity index (χ3n) is 6.61. The maximum absolute atomic E-state index is 14.7. The number of aryl methyl sites for hydroxylation is 1. The van der Waals surface area contributed by atoms with Gasteiger partial charge in [0.15, 0.2) is 17.3 Å². The van der Waals surface area contributed by atoms with Crippen LogP contribution >= 0.6 is 0 Å². The molecule has 2 unspecified atom stereocenters. The number of benzene rings is 2. The number of ether oxygens (including phenoxy) is 3. The molecule has 2 atom stereocenters. The van der Waals surface area contributed by atoms with Gasteiger partial charge in [-0.25, -0.2) is 13.2 Å². The highest BCUT2D eigenvalue weighted by molar-refractivity contribution is 5.96. The number of nitrogens with zero attached hydrogens (tertiary/aromatic N) is 3. The number of hydrogen-bond donors (Lipinski definition) is 1. The van der Waals surface area contributed by atoms with Crippen LogP contribution in [0.4, 0.5) is 19.0 Å². The van der Waals surface area contributed by atoms with Crippen LogP contribution < -0.4 is 14.8 Å². The molecule has 11 heteroatoms. The van der Waals surface area contributed by atoms with Crippen LogP contribution in [0, 0.1) is 12.7 Å². The Kier molecular flexibility index (Phi) is 7.05. The lowest BCUT2D eigenvalue weighted by molar-refractivity contribution is -0.141. The smallest absolute Gasteiger partial charge is 0.267 e. The second-order valence-corrected chi connectivity index (χ2v) is 9.10. The van der Waals surface area contributed by atoms with E-state index in [2.05, 4.69) is 15.5 Å². The number of halogens is 3. The van der Waals surface area contributed by atoms with E-state index in [9.17, 15) is 18.0 Å². The van der Waals surface area contributed by atoms with Gasteiger partial charge in [0.1, 0.15) is 12.4 Å². The standard InChI is InChI=1S/C26H27F3N4O4/c1-14(16-5-3-6-17(23(16)27)24(28)29)30-25-19-12-21-20(11-18(19)15(2)31-32-25)36-13-22(37-21)26(34)33-7-4-9-35-10-8-33/h3,5-6,11-12,14,22,24H,4,7-10,13H2,1-2H3,(H,30,32). The summed E-state index contributed by atoms with van der Waals surface area (Å²) in [5.41, 5.74) is 0.0588. The Bertz CT molecular complexity index is 1310. The minimum Gasteiger partial charge on any atom is -0.485 e. The minimum atomic E-state index is -2.92. The Hall–Kier alpha value is -3.60. The summed E-state index contributed by atoms with van der Waals surface area (Å²) >= 11 is 0. The summed E-state index contributed by atoms with van der Waals surface area (Å²) in [4.78, 5) is 14.8. The first-order valence-electron chi connectivity index (χ1n) is 12.1. The van der Waals surface area contributed by atoms with Gasteiger partial charge in [0.25, 0.3) is 12.3 Å². The molecule has 0 saturated carbocycles. The average molecular weight is 517 g/mol. The number of fused-ring (bicyclic) bond motifs is 2. The van der Waals surface area contributed by atoms with Crippen LogP contribution in [0.5, 0.6) is 11.5 Å². The fraction of sp³-hybridized carbons (Fsp3) is 0.423. The van der Waals surface area contributed by atoms with E-state index in [4.69, 9.17) is 14.2 Å². The van der Waals surface area contributed by atoms with Gasteiger partial charge in [0, 0.05) is 36.0 Å². The van der Waals surface area contributed by atoms with Crippen molar-refractivity contribution < 1.29 is 32.2 Å². The predicted octanol–water partition coefficient (Wildman–Crippen LogP) is 4.58. The first kappa shape index (κ1) is 25.1. The lowest BCUT2D eigenvalue weighted by Gasteiger charge is -2.30. The second kappa shape index (κ2) is 10.4. The highest BCUT2D eigenvalue weighted by atomic mass is 19.3. The number of rotatable bonds is 5. The van der Waals surface area contributed by atoms with Gasteiger partial charge in [-0.15, -0.1) is 5.10 Å². The van der Waals surface area contributed by atoms with Crippen molar-refractivity contribution in [3.8, 4) is 11.5 Å². The number of nitrogens with one attached hydrogen (secondary N) is 1. The van der Waals surface area contributed by atoms with Crippen molar-refractivity contribution in [3.63, 3.8) is 0 Å². The van der Waals surface area contributed by atoms with E-state index in [0.29, 0.717) is 54.7 Å². The van der Waals surface area contributed by atoms with Gasteiger partial charge < -0.3 is 24.4 Å². The molecule has 5 rings (SSSR count). The first-order chi connectivity index (χ1) is 17.8. The number of carbonyl (C=O) groups excluding carboxylic acids is 1. The van der Waals surface area contributed by atoms with Crippen molar-refractivity contribution in [2.75, 3.05) is 38.2 Å². The second-order valence-electron chi connectivity index (χ2n) is 9.10. The molecule has 1 aromatic heterocycles. The van der Waals surface area contributed by atoms with E-state index in [1.165, 1.54) is 12.1 Å². The summed E-state index contributed by atoms with van der Waals surface area (Å²) in [5, 5.41) is 12.8. The number of carbonyl (C=O) groups is 1. The van der Waals surface area contributed by atoms with Crippen LogP contribution in [-0.4, -0.2) is 60.0 Å². The van der Waals surface area contributed by atoms with Crippen molar-refractivity contribution >= 4 is 22.5 Å². The van der Waals surface area contributed by atoms with Crippen LogP contribution in [0.25, 0.3) is 10.8 Å². The molecule has 2 aliphatic rings. The minimum absolute atomic E-state index is 0.0775. The van der Waals surface area contributed by atoms with Crippen molar-refractivity contribution in [1.29, 1.82) is 0 Å². The number of anilines is 1. The maximum atomic E-state index is 14.7. The van der Waals surface area contributed by atoms with Crippen LogP contribution in [0.3, 0.4) is 0 Å². The molecule has 37 heavy (non-hydrogen) atoms. The molecule has 3 heterocycles. The first-order valence-corrected chi connectivity index (χ1v) is 12.1. The molecule has 2 aliphatic heterocycles. The topological polar surface area (TPSA) is 85.8 Å². The van der Waals surface area contributed by atoms with E-state index in [0.717, 1.165) is 17.9 Å². The summed E-state index contributed by atoms with van der Waals surface area (Å²) in [6.07, 6.45) is -2.97. The number of alkyl halides is 2. The highest BCUT2D eigenvalue weighted by Crippen LogP contribution is 2.39. The lowest BCUT2D eigenvalue weighted by atomic mass is 10.0. The number of hydrogen-bond acceptors (Lipinski definition) is 7. The molecular weight excluding hydrogens is 489 g/mol. The lowest BCUT2D eigenvalue weighted by Crippen LogP contribution is -2.47. The third-order valence-corrected chi connectivity index (χ3v) is 6.61. The van der Waals surface area contributed by atoms with E-state index in [-0.39, 0.29) is 18.1 Å². The molecule has 0 aliphatic carbocycles. The van der Waals surface area contributed by atoms with Gasteiger partial charge in [-0.3, -0.25) is 4.79 Å². The average Bonchev–Trinajstić information content (AvgIpc) is 3.18. The third kappa shape index (κ3) is 5.00. The van der Waals surface area contributed by atoms with Gasteiger partial charge in [0.2, 0.25) is 6.10 Å². The molecule has 0 spiro atoms. The van der Waals surface area contributed by atoms with Crippen molar-refractivity contribution in [3.05, 3.63) is 53.0 Å². The highest BCUT2D eigenvalue weighted by Gasteiger charge is 2.32. The molecule has 0 radical (unpaired) electrons. The molecule has 1 fully saturated rings. The summed E-state index contributed by atoms with van der Waals surface area (Å²) < 4.78 is 58.5. The fourth-order valence-corrected chi connectivity index (χ4v) is 4.60. The molecule has 0 bridgehead atoms. The molecule has 8 nitrogen and oxygen atoms in total. The molecule has 1 N–H and O–H groups in total. The fourth-order valence-electron chi connectivity index (χ4n) is 4.60. The summed E-state index contributed by atoms with van der Waals surface area (Å²) in [6, 6.07) is 6.70. The molecule has 1 saturated heterocycles. The van der Waals surface area contributed by atoms with Gasteiger partial charge in [0.05, 0.1) is 23.9 Å². The van der Waals surface area contributed by atoms with Gasteiger partial charge in [-0.1, -0.05) is 18.2 Å². The maximum Gasteiger partial charge on any atom is 0.267 e. The zero-order valence-electron chi connectivity index (χ0n) is 20.5. The van der Waals surface area contributed by atoms with Gasteiger partial charge in [-0.2, -0.15) is 5.10 Å². The van der Waals surface area contributed by atoms with Crippen LogP contribution in [-0.2, 0) is 9.53 Å². The molecular formula is C26H27F3N4O4. The van der Waals surface area contributed by atoms with E-state index >= 15 is 0 Å². The summed E-state index contributed by atoms with van der Waals surface area (Å²) in [7, 11) is 0. The van der Waals surface area contributed by atoms with Crippen molar-refractivity contribution in [2.24, 2.45) is 0 Å². The molecule has 1 amide bonds. The number of amides is 1. The van der Waals surface area contributed by atoms with Crippen molar-refractivity contribution in [2.45, 2.75) is 38.8 Å². The van der Waals surface area contributed by atoms with Crippen LogP contribution in [0.15, 0.2) is 30.3 Å². The monoisotopic (exact) mass is 516 g/mol. The Morgan fingerprint density at radius 2 is 1.89 bits per heavy atom. The van der Waals surface area contributed by atoms with Gasteiger partial charge in [-0.05, 0) is 32.4 Å². The summed E-state index contributed by atoms with van der Waals surface area (Å²) in [5.74, 6) is 0.0380. The zero-order valence-corrected chi connectivity index (χ0v) is 20.5. The predicted molar refractivity (Wildman–Crippen MR) is 130 cm³/mol. The van der Waals surface area contributed by atoms with E-state index < -0.39 is 30.0 Å². The Morgan fingerprint density at radius 1 is 1.11 bits per heavy atom. The largest absolute Gasteiger partial charge is 0.485 e. The van der Waals surface area contributed by atoms with E-state index in [1.54, 1.807) is 30.9 Å². The molecule has 196 valence electrons. The molecule has 2 aromatic carbocycles. The van der Waals surface area contributed by atoms with Crippen molar-refractivity contribution in [1.82, 2.24) is 15.1 Å². The zero-order chi connectivity index (χ0) is 26.1. The Morgan fingerprint density at radius 3 is 2.70 bits per heavy atom. The van der Waals surface area contributed by atoms with Crippen LogP contribution in [0.1, 0.15) is 42.6 Å². The van der Waals surface area contributed by atoms with Gasteiger partial charge >= 0.3 is 0 Å². The number of aromatic nitrogens is 2. The quantitative estimate of drug-likeness (QED) is 0.532. The van der Waals surface area contributed by atoms with Crippen LogP contribution in [0.2, 0.25) is 0 Å². The van der Waals surface area contributed by atoms with E-state index in [1.807, 2.05) is 0 Å². The normalized spacial score (nSPS) is 18.5. The molecule has 3 aromatic rings. The summed E-state index contributed by atoms with van der Waals surface area (Å²) in [6.45, 7) is 5.70. The Labute approximate surface area is 211 Å².